The molecule has 1 aliphatic heterocycles. The molecule has 1 aromatic heterocycles. The summed E-state index contributed by atoms with van der Waals surface area (Å²) in [5.41, 5.74) is 1.28. The van der Waals surface area contributed by atoms with Gasteiger partial charge in [0.2, 0.25) is 0 Å². The number of rotatable bonds is 7. The molecule has 3 aromatic rings. The number of hydrogen-bond donors (Lipinski definition) is 2. The minimum absolute atomic E-state index is 0.0257. The van der Waals surface area contributed by atoms with Crippen LogP contribution in [-0.4, -0.2) is 31.1 Å². The summed E-state index contributed by atoms with van der Waals surface area (Å²) in [4.78, 5) is 25.6. The first kappa shape index (κ1) is 23.1. The van der Waals surface area contributed by atoms with Gasteiger partial charge in [-0.05, 0) is 73.5 Å². The number of carbonyl (C=O) groups is 2. The van der Waals surface area contributed by atoms with Crippen molar-refractivity contribution in [3.05, 3.63) is 87.7 Å². The van der Waals surface area contributed by atoms with E-state index in [1.54, 1.807) is 48.5 Å². The highest BCUT2D eigenvalue weighted by Gasteiger charge is 2.20. The van der Waals surface area contributed by atoms with Gasteiger partial charge in [0.1, 0.15) is 17.2 Å². The standard InChI is InChI=1S/C25H22Cl2N2O4/c26-18-7-3-16(4-8-18)23-12-11-20(33-23)14-22(25(31)28-15-21-2-1-13-32-21)29-24(30)17-5-9-19(27)10-6-17/h3-12,14,21H,1-2,13,15H2,(H,28,31)(H,29,30). The molecule has 2 amide bonds. The second-order valence-corrected chi connectivity index (χ2v) is 8.45. The van der Waals surface area contributed by atoms with Gasteiger partial charge in [-0.1, -0.05) is 23.2 Å². The van der Waals surface area contributed by atoms with E-state index < -0.39 is 11.8 Å². The van der Waals surface area contributed by atoms with Crippen molar-refractivity contribution in [3.63, 3.8) is 0 Å². The van der Waals surface area contributed by atoms with E-state index in [1.807, 2.05) is 12.1 Å². The maximum absolute atomic E-state index is 12.9. The lowest BCUT2D eigenvalue weighted by Gasteiger charge is -2.13. The largest absolute Gasteiger partial charge is 0.457 e. The van der Waals surface area contributed by atoms with Crippen LogP contribution in [0.2, 0.25) is 10.0 Å². The molecule has 2 heterocycles. The van der Waals surface area contributed by atoms with Crippen molar-refractivity contribution in [3.8, 4) is 11.3 Å². The van der Waals surface area contributed by atoms with Crippen LogP contribution in [0.1, 0.15) is 29.0 Å². The summed E-state index contributed by atoms with van der Waals surface area (Å²) >= 11 is 11.9. The molecule has 1 atom stereocenters. The Morgan fingerprint density at radius 1 is 0.970 bits per heavy atom. The number of ether oxygens (including phenoxy) is 1. The van der Waals surface area contributed by atoms with Gasteiger partial charge in [0.15, 0.2) is 0 Å². The molecule has 2 aromatic carbocycles. The quantitative estimate of drug-likeness (QED) is 0.444. The number of carbonyl (C=O) groups excluding carboxylic acids is 2. The van der Waals surface area contributed by atoms with Gasteiger partial charge in [-0.25, -0.2) is 0 Å². The Hall–Kier alpha value is -3.06. The summed E-state index contributed by atoms with van der Waals surface area (Å²) < 4.78 is 11.4. The Morgan fingerprint density at radius 2 is 1.67 bits per heavy atom. The normalized spacial score (nSPS) is 15.9. The van der Waals surface area contributed by atoms with E-state index in [0.717, 1.165) is 18.4 Å². The molecule has 170 valence electrons. The van der Waals surface area contributed by atoms with E-state index in [1.165, 1.54) is 6.08 Å². The summed E-state index contributed by atoms with van der Waals surface area (Å²) in [5, 5.41) is 6.65. The summed E-state index contributed by atoms with van der Waals surface area (Å²) in [6.45, 7) is 1.05. The average Bonchev–Trinajstić information content (AvgIpc) is 3.50. The van der Waals surface area contributed by atoms with Gasteiger partial charge < -0.3 is 19.8 Å². The molecule has 0 bridgehead atoms. The fraction of sp³-hybridized carbons (Fsp3) is 0.200. The van der Waals surface area contributed by atoms with Crippen molar-refractivity contribution < 1.29 is 18.7 Å². The fourth-order valence-corrected chi connectivity index (χ4v) is 3.66. The van der Waals surface area contributed by atoms with Crippen molar-refractivity contribution in [2.24, 2.45) is 0 Å². The lowest BCUT2D eigenvalue weighted by Crippen LogP contribution is -2.38. The number of halogens is 2. The van der Waals surface area contributed by atoms with Crippen molar-refractivity contribution in [2.45, 2.75) is 18.9 Å². The van der Waals surface area contributed by atoms with Gasteiger partial charge >= 0.3 is 0 Å². The molecule has 6 nitrogen and oxygen atoms in total. The molecule has 1 fully saturated rings. The van der Waals surface area contributed by atoms with Crippen molar-refractivity contribution in [1.29, 1.82) is 0 Å². The topological polar surface area (TPSA) is 80.6 Å². The summed E-state index contributed by atoms with van der Waals surface area (Å²) in [6.07, 6.45) is 3.33. The number of amides is 2. The number of benzene rings is 2. The zero-order valence-corrected chi connectivity index (χ0v) is 19.2. The maximum Gasteiger partial charge on any atom is 0.268 e. The summed E-state index contributed by atoms with van der Waals surface area (Å²) in [6, 6.07) is 17.1. The predicted molar refractivity (Wildman–Crippen MR) is 128 cm³/mol. The van der Waals surface area contributed by atoms with E-state index >= 15 is 0 Å². The molecular weight excluding hydrogens is 463 g/mol. The van der Waals surface area contributed by atoms with Crippen LogP contribution in [0.3, 0.4) is 0 Å². The number of hydrogen-bond acceptors (Lipinski definition) is 4. The van der Waals surface area contributed by atoms with Gasteiger partial charge in [0.25, 0.3) is 11.8 Å². The van der Waals surface area contributed by atoms with E-state index in [9.17, 15) is 9.59 Å². The first-order valence-electron chi connectivity index (χ1n) is 10.5. The van der Waals surface area contributed by atoms with Crippen LogP contribution >= 0.6 is 23.2 Å². The molecular formula is C25H22Cl2N2O4. The summed E-state index contributed by atoms with van der Waals surface area (Å²) in [5.74, 6) is 0.159. The van der Waals surface area contributed by atoms with Crippen LogP contribution in [-0.2, 0) is 9.53 Å². The molecule has 1 unspecified atom stereocenters. The second kappa shape index (κ2) is 10.7. The third kappa shape index (κ3) is 6.26. The second-order valence-electron chi connectivity index (χ2n) is 7.57. The molecule has 1 aliphatic rings. The van der Waals surface area contributed by atoms with Gasteiger partial charge in [0, 0.05) is 40.4 Å². The SMILES string of the molecule is O=C(NCC1CCCO1)C(=Cc1ccc(-c2ccc(Cl)cc2)o1)NC(=O)c1ccc(Cl)cc1. The highest BCUT2D eigenvalue weighted by molar-refractivity contribution is 6.31. The van der Waals surface area contributed by atoms with E-state index in [2.05, 4.69) is 10.6 Å². The number of furan rings is 1. The smallest absolute Gasteiger partial charge is 0.268 e. The molecule has 1 saturated heterocycles. The molecule has 0 aliphatic carbocycles. The summed E-state index contributed by atoms with van der Waals surface area (Å²) in [7, 11) is 0. The lowest BCUT2D eigenvalue weighted by atomic mass is 10.2. The highest BCUT2D eigenvalue weighted by atomic mass is 35.5. The first-order chi connectivity index (χ1) is 16.0. The van der Waals surface area contributed by atoms with Crippen molar-refractivity contribution >= 4 is 41.1 Å². The molecule has 0 saturated carbocycles. The van der Waals surface area contributed by atoms with Crippen LogP contribution in [0.5, 0.6) is 0 Å². The lowest BCUT2D eigenvalue weighted by molar-refractivity contribution is -0.118. The van der Waals surface area contributed by atoms with Crippen molar-refractivity contribution in [1.82, 2.24) is 10.6 Å². The monoisotopic (exact) mass is 484 g/mol. The Balaban J connectivity index is 1.55. The van der Waals surface area contributed by atoms with Crippen LogP contribution < -0.4 is 10.6 Å². The van der Waals surface area contributed by atoms with E-state index in [-0.39, 0.29) is 11.8 Å². The predicted octanol–water partition coefficient (Wildman–Crippen LogP) is 5.32. The zero-order chi connectivity index (χ0) is 23.2. The van der Waals surface area contributed by atoms with Crippen molar-refractivity contribution in [2.75, 3.05) is 13.2 Å². The number of nitrogens with one attached hydrogen (secondary N) is 2. The zero-order valence-electron chi connectivity index (χ0n) is 17.6. The molecule has 0 spiro atoms. The molecule has 2 N–H and O–H groups in total. The third-order valence-corrected chi connectivity index (χ3v) is 5.66. The molecule has 8 heteroatoms. The average molecular weight is 485 g/mol. The fourth-order valence-electron chi connectivity index (χ4n) is 3.40. The van der Waals surface area contributed by atoms with Crippen LogP contribution in [0, 0.1) is 0 Å². The van der Waals surface area contributed by atoms with E-state index in [4.69, 9.17) is 32.4 Å². The Morgan fingerprint density at radius 3 is 2.33 bits per heavy atom. The minimum atomic E-state index is -0.435. The third-order valence-electron chi connectivity index (χ3n) is 5.16. The molecule has 0 radical (unpaired) electrons. The highest BCUT2D eigenvalue weighted by Crippen LogP contribution is 2.25. The van der Waals surface area contributed by atoms with Crippen LogP contribution in [0.15, 0.2) is 70.8 Å². The van der Waals surface area contributed by atoms with Crippen LogP contribution in [0.4, 0.5) is 0 Å². The first-order valence-corrected chi connectivity index (χ1v) is 11.3. The maximum atomic E-state index is 12.9. The van der Waals surface area contributed by atoms with Gasteiger partial charge in [-0.3, -0.25) is 9.59 Å². The van der Waals surface area contributed by atoms with E-state index in [0.29, 0.717) is 40.3 Å². The van der Waals surface area contributed by atoms with Crippen LogP contribution in [0.25, 0.3) is 17.4 Å². The Labute approximate surface area is 201 Å². The Bertz CT molecular complexity index is 1150. The van der Waals surface area contributed by atoms with Gasteiger partial charge in [-0.2, -0.15) is 0 Å². The molecule has 4 rings (SSSR count). The molecule has 33 heavy (non-hydrogen) atoms. The minimum Gasteiger partial charge on any atom is -0.457 e. The Kier molecular flexibility index (Phi) is 7.50. The van der Waals surface area contributed by atoms with Gasteiger partial charge in [-0.15, -0.1) is 0 Å². The van der Waals surface area contributed by atoms with Gasteiger partial charge in [0.05, 0.1) is 6.10 Å².